The van der Waals surface area contributed by atoms with Gasteiger partial charge >= 0.3 is 5.97 Å². The van der Waals surface area contributed by atoms with Gasteiger partial charge in [-0.15, -0.1) is 0 Å². The molecule has 0 bridgehead atoms. The zero-order chi connectivity index (χ0) is 18.2. The van der Waals surface area contributed by atoms with Crippen molar-refractivity contribution in [3.63, 3.8) is 0 Å². The van der Waals surface area contributed by atoms with E-state index in [0.717, 1.165) is 41.0 Å². The van der Waals surface area contributed by atoms with Crippen molar-refractivity contribution in [2.75, 3.05) is 13.7 Å². The number of hydrogen-bond donors (Lipinski definition) is 0. The predicted octanol–water partition coefficient (Wildman–Crippen LogP) is 3.87. The molecule has 0 atom stereocenters. The number of esters is 1. The van der Waals surface area contributed by atoms with Crippen molar-refractivity contribution < 1.29 is 14.3 Å². The number of aromatic nitrogens is 2. The van der Waals surface area contributed by atoms with Crippen LogP contribution in [0.25, 0.3) is 0 Å². The van der Waals surface area contributed by atoms with Crippen molar-refractivity contribution >= 4 is 17.7 Å². The molecule has 1 heterocycles. The summed E-state index contributed by atoms with van der Waals surface area (Å²) in [7, 11) is 1.67. The molecule has 1 aromatic carbocycles. The molecule has 0 spiro atoms. The Bertz CT molecular complexity index is 695. The minimum absolute atomic E-state index is 0.196. The van der Waals surface area contributed by atoms with Gasteiger partial charge in [0.15, 0.2) is 5.16 Å². The number of imidazole rings is 1. The quantitative estimate of drug-likeness (QED) is 0.501. The first-order chi connectivity index (χ1) is 12.1. The Morgan fingerprint density at radius 3 is 2.48 bits per heavy atom. The highest BCUT2D eigenvalue weighted by molar-refractivity contribution is 7.98. The van der Waals surface area contributed by atoms with Crippen molar-refractivity contribution in [1.82, 2.24) is 9.55 Å². The van der Waals surface area contributed by atoms with E-state index in [1.54, 1.807) is 18.9 Å². The third-order valence-corrected chi connectivity index (χ3v) is 4.96. The number of aryl methyl sites for hydroxylation is 1. The number of rotatable bonds is 9. The molecule has 0 saturated heterocycles. The van der Waals surface area contributed by atoms with E-state index in [2.05, 4.69) is 30.5 Å². The molecule has 0 fully saturated rings. The van der Waals surface area contributed by atoms with E-state index in [1.165, 1.54) is 5.56 Å². The monoisotopic (exact) mass is 362 g/mol. The molecular weight excluding hydrogens is 336 g/mol. The lowest BCUT2D eigenvalue weighted by Gasteiger charge is -2.10. The van der Waals surface area contributed by atoms with Gasteiger partial charge in [0.25, 0.3) is 0 Å². The highest BCUT2D eigenvalue weighted by Crippen LogP contribution is 2.27. The van der Waals surface area contributed by atoms with Crippen LogP contribution in [0.4, 0.5) is 0 Å². The number of carbonyl (C=O) groups excluding carboxylic acids is 1. The fraction of sp³-hybridized carbons (Fsp3) is 0.474. The van der Waals surface area contributed by atoms with E-state index in [0.29, 0.717) is 6.61 Å². The fourth-order valence-electron chi connectivity index (χ4n) is 2.65. The zero-order valence-electron chi connectivity index (χ0n) is 15.4. The number of methoxy groups -OCH3 is 1. The molecule has 0 saturated carbocycles. The summed E-state index contributed by atoms with van der Waals surface area (Å²) in [6, 6.07) is 8.05. The normalized spacial score (nSPS) is 10.7. The first-order valence-electron chi connectivity index (χ1n) is 8.62. The Hall–Kier alpha value is -1.95. The average Bonchev–Trinajstić information content (AvgIpc) is 2.97. The smallest absolute Gasteiger partial charge is 0.311 e. The van der Waals surface area contributed by atoms with E-state index < -0.39 is 0 Å². The van der Waals surface area contributed by atoms with Gasteiger partial charge in [-0.2, -0.15) is 0 Å². The lowest BCUT2D eigenvalue weighted by Crippen LogP contribution is -2.13. The molecular formula is C19H26N2O3S. The maximum absolute atomic E-state index is 11.9. The van der Waals surface area contributed by atoms with Gasteiger partial charge in [-0.25, -0.2) is 4.98 Å². The standard InChI is InChI=1S/C19H26N2O3S/c1-5-16-17(12-18(22)24-7-3)21(6-2)19(20-16)25-13-14-8-10-15(23-4)11-9-14/h8-11H,5-7,12-13H2,1-4H3. The van der Waals surface area contributed by atoms with Crippen LogP contribution >= 0.6 is 11.8 Å². The second-order valence-corrected chi connectivity index (χ2v) is 6.45. The van der Waals surface area contributed by atoms with Crippen molar-refractivity contribution in [2.45, 2.75) is 51.1 Å². The first-order valence-corrected chi connectivity index (χ1v) is 9.61. The largest absolute Gasteiger partial charge is 0.497 e. The average molecular weight is 362 g/mol. The molecule has 0 N–H and O–H groups in total. The molecule has 0 radical (unpaired) electrons. The number of hydrogen-bond acceptors (Lipinski definition) is 5. The maximum atomic E-state index is 11.9. The number of ether oxygens (including phenoxy) is 2. The summed E-state index contributed by atoms with van der Waals surface area (Å²) in [5.74, 6) is 1.48. The van der Waals surface area contributed by atoms with Gasteiger partial charge in [-0.1, -0.05) is 30.8 Å². The third kappa shape index (κ3) is 5.01. The number of nitrogens with zero attached hydrogens (tertiary/aromatic N) is 2. The van der Waals surface area contributed by atoms with Crippen LogP contribution in [0, 0.1) is 0 Å². The van der Waals surface area contributed by atoms with Crippen molar-refractivity contribution in [3.8, 4) is 5.75 Å². The molecule has 0 aliphatic carbocycles. The minimum Gasteiger partial charge on any atom is -0.497 e. The van der Waals surface area contributed by atoms with Gasteiger partial charge in [0.1, 0.15) is 5.75 Å². The van der Waals surface area contributed by atoms with Crippen LogP contribution in [0.5, 0.6) is 5.75 Å². The van der Waals surface area contributed by atoms with E-state index in [9.17, 15) is 4.79 Å². The van der Waals surface area contributed by atoms with Gasteiger partial charge in [-0.3, -0.25) is 4.79 Å². The molecule has 1 aromatic heterocycles. The molecule has 0 aliphatic rings. The Morgan fingerprint density at radius 1 is 1.20 bits per heavy atom. The SMILES string of the molecule is CCOC(=O)Cc1c(CC)nc(SCc2ccc(OC)cc2)n1CC. The second-order valence-electron chi connectivity index (χ2n) is 5.50. The Labute approximate surface area is 153 Å². The Morgan fingerprint density at radius 2 is 1.92 bits per heavy atom. The number of benzene rings is 1. The van der Waals surface area contributed by atoms with Crippen LogP contribution < -0.4 is 4.74 Å². The summed E-state index contributed by atoms with van der Waals surface area (Å²) < 4.78 is 12.4. The molecule has 0 amide bonds. The van der Waals surface area contributed by atoms with Gasteiger partial charge < -0.3 is 14.0 Å². The molecule has 136 valence electrons. The van der Waals surface area contributed by atoms with E-state index in [4.69, 9.17) is 14.5 Å². The number of thioether (sulfide) groups is 1. The van der Waals surface area contributed by atoms with Gasteiger partial charge in [0.2, 0.25) is 0 Å². The van der Waals surface area contributed by atoms with E-state index >= 15 is 0 Å². The van der Waals surface area contributed by atoms with Crippen molar-refractivity contribution in [1.29, 1.82) is 0 Å². The molecule has 25 heavy (non-hydrogen) atoms. The van der Waals surface area contributed by atoms with Crippen LogP contribution in [0.15, 0.2) is 29.4 Å². The second kappa shape index (κ2) is 9.51. The lowest BCUT2D eigenvalue weighted by atomic mass is 10.2. The minimum atomic E-state index is -0.196. The summed E-state index contributed by atoms with van der Waals surface area (Å²) in [6.45, 7) is 7.15. The van der Waals surface area contributed by atoms with E-state index in [-0.39, 0.29) is 12.4 Å². The van der Waals surface area contributed by atoms with Crippen LogP contribution in [-0.4, -0.2) is 29.2 Å². The van der Waals surface area contributed by atoms with E-state index in [1.807, 2.05) is 19.1 Å². The third-order valence-electron chi connectivity index (χ3n) is 3.92. The predicted molar refractivity (Wildman–Crippen MR) is 100 cm³/mol. The van der Waals surface area contributed by atoms with Crippen molar-refractivity contribution in [2.24, 2.45) is 0 Å². The molecule has 0 unspecified atom stereocenters. The van der Waals surface area contributed by atoms with Crippen molar-refractivity contribution in [3.05, 3.63) is 41.2 Å². The topological polar surface area (TPSA) is 53.4 Å². The van der Waals surface area contributed by atoms with Crippen LogP contribution in [-0.2, 0) is 34.7 Å². The highest BCUT2D eigenvalue weighted by atomic mass is 32.2. The Kier molecular flexibility index (Phi) is 7.37. The lowest BCUT2D eigenvalue weighted by molar-refractivity contribution is -0.142. The molecule has 2 rings (SSSR count). The van der Waals surface area contributed by atoms with Crippen LogP contribution in [0.3, 0.4) is 0 Å². The molecule has 2 aromatic rings. The number of carbonyl (C=O) groups is 1. The Balaban J connectivity index is 2.16. The summed E-state index contributed by atoms with van der Waals surface area (Å²) >= 11 is 1.69. The first kappa shape index (κ1) is 19.4. The molecule has 6 heteroatoms. The van der Waals surface area contributed by atoms with Gasteiger partial charge in [0, 0.05) is 12.3 Å². The highest BCUT2D eigenvalue weighted by Gasteiger charge is 2.18. The summed E-state index contributed by atoms with van der Waals surface area (Å²) in [5.41, 5.74) is 3.16. The summed E-state index contributed by atoms with van der Waals surface area (Å²) in [5, 5.41) is 0.953. The molecule has 5 nitrogen and oxygen atoms in total. The van der Waals surface area contributed by atoms with Gasteiger partial charge in [0.05, 0.1) is 31.5 Å². The molecule has 0 aliphatic heterocycles. The van der Waals surface area contributed by atoms with Crippen LogP contribution in [0.2, 0.25) is 0 Å². The van der Waals surface area contributed by atoms with Gasteiger partial charge in [-0.05, 0) is 38.0 Å². The zero-order valence-corrected chi connectivity index (χ0v) is 16.2. The summed E-state index contributed by atoms with van der Waals surface area (Å²) in [4.78, 5) is 16.7. The maximum Gasteiger partial charge on any atom is 0.311 e. The van der Waals surface area contributed by atoms with Crippen LogP contribution in [0.1, 0.15) is 37.7 Å². The summed E-state index contributed by atoms with van der Waals surface area (Å²) in [6.07, 6.45) is 1.08. The fourth-order valence-corrected chi connectivity index (χ4v) is 3.70.